The van der Waals surface area contributed by atoms with E-state index < -0.39 is 48.0 Å². The largest absolute Gasteiger partial charge is 0.490 e. The Morgan fingerprint density at radius 2 is 1.66 bits per heavy atom. The highest BCUT2D eigenvalue weighted by Crippen LogP contribution is 2.40. The topological polar surface area (TPSA) is 129 Å². The van der Waals surface area contributed by atoms with Gasteiger partial charge in [-0.2, -0.15) is 0 Å². The van der Waals surface area contributed by atoms with Crippen molar-refractivity contribution in [3.63, 3.8) is 0 Å². The van der Waals surface area contributed by atoms with Crippen molar-refractivity contribution in [3.05, 3.63) is 47.3 Å². The number of aliphatic hydroxyl groups excluding tert-OH is 1. The van der Waals surface area contributed by atoms with Crippen molar-refractivity contribution in [2.75, 3.05) is 14.2 Å². The first-order chi connectivity index (χ1) is 20.5. The summed E-state index contributed by atoms with van der Waals surface area (Å²) in [6.45, 7) is 16.4. The monoisotopic (exact) mass is 618 g/mol. The minimum atomic E-state index is -1.91. The number of allylic oxidation sites excluding steroid dienone is 6. The molecule has 44 heavy (non-hydrogen) atoms. The Morgan fingerprint density at radius 1 is 1.02 bits per heavy atom. The van der Waals surface area contributed by atoms with Crippen molar-refractivity contribution < 1.29 is 43.5 Å². The van der Waals surface area contributed by atoms with E-state index in [0.29, 0.717) is 12.0 Å². The van der Waals surface area contributed by atoms with E-state index in [9.17, 15) is 24.6 Å². The first-order valence-corrected chi connectivity index (χ1v) is 15.6. The van der Waals surface area contributed by atoms with Crippen LogP contribution < -0.4 is 0 Å². The number of hydrogen-bond donors (Lipinski definition) is 2. The van der Waals surface area contributed by atoms with Crippen LogP contribution in [0, 0.1) is 35.5 Å². The van der Waals surface area contributed by atoms with Gasteiger partial charge < -0.3 is 29.2 Å². The van der Waals surface area contributed by atoms with Gasteiger partial charge in [0.05, 0.1) is 25.7 Å². The van der Waals surface area contributed by atoms with Gasteiger partial charge in [-0.15, -0.1) is 0 Å². The van der Waals surface area contributed by atoms with E-state index in [0.717, 1.165) is 5.57 Å². The van der Waals surface area contributed by atoms with Gasteiger partial charge in [-0.25, -0.2) is 4.79 Å². The van der Waals surface area contributed by atoms with Crippen molar-refractivity contribution in [1.29, 1.82) is 0 Å². The van der Waals surface area contributed by atoms with Gasteiger partial charge in [-0.1, -0.05) is 83.9 Å². The fourth-order valence-electron chi connectivity index (χ4n) is 6.21. The zero-order chi connectivity index (χ0) is 33.5. The van der Waals surface area contributed by atoms with E-state index in [-0.39, 0.29) is 47.4 Å². The van der Waals surface area contributed by atoms with E-state index in [1.807, 2.05) is 40.7 Å². The molecule has 0 radical (unpaired) electrons. The van der Waals surface area contributed by atoms with Crippen LogP contribution in [0.3, 0.4) is 0 Å². The average Bonchev–Trinajstić information content (AvgIpc) is 2.96. The van der Waals surface area contributed by atoms with Gasteiger partial charge in [-0.3, -0.25) is 9.59 Å². The molecule has 2 aliphatic heterocycles. The zero-order valence-corrected chi connectivity index (χ0v) is 28.3. The number of carbonyl (C=O) groups is 3. The van der Waals surface area contributed by atoms with Crippen LogP contribution in [0.1, 0.15) is 75.2 Å². The predicted molar refractivity (Wildman–Crippen MR) is 168 cm³/mol. The van der Waals surface area contributed by atoms with Crippen LogP contribution in [0.5, 0.6) is 0 Å². The molecule has 1 saturated heterocycles. The van der Waals surface area contributed by atoms with Crippen LogP contribution in [0.15, 0.2) is 47.3 Å². The smallest absolute Gasteiger partial charge is 0.373 e. The lowest BCUT2D eigenvalue weighted by Crippen LogP contribution is -2.58. The molecule has 2 aliphatic rings. The summed E-state index contributed by atoms with van der Waals surface area (Å²) in [5.74, 6) is -5.49. The predicted octanol–water partition coefficient (Wildman–Crippen LogP) is 5.11. The van der Waals surface area contributed by atoms with Crippen LogP contribution >= 0.6 is 0 Å². The van der Waals surface area contributed by atoms with Gasteiger partial charge in [-0.05, 0) is 32.3 Å². The van der Waals surface area contributed by atoms with Gasteiger partial charge in [0.1, 0.15) is 23.8 Å². The Labute approximate surface area is 263 Å². The summed E-state index contributed by atoms with van der Waals surface area (Å²) in [5, 5.41) is 23.2. The fourth-order valence-corrected chi connectivity index (χ4v) is 6.21. The molecule has 0 saturated carbocycles. The van der Waals surface area contributed by atoms with Crippen LogP contribution in [-0.2, 0) is 33.3 Å². The molecule has 248 valence electrons. The summed E-state index contributed by atoms with van der Waals surface area (Å²) >= 11 is 0. The maximum absolute atomic E-state index is 13.5. The molecule has 0 unspecified atom stereocenters. The summed E-state index contributed by atoms with van der Waals surface area (Å²) < 4.78 is 23.2. The zero-order valence-electron chi connectivity index (χ0n) is 28.3. The number of ketones is 2. The lowest BCUT2D eigenvalue weighted by atomic mass is 9.77. The maximum atomic E-state index is 13.5. The molecule has 9 heteroatoms. The third kappa shape index (κ3) is 9.22. The second-order valence-corrected chi connectivity index (χ2v) is 13.1. The highest BCUT2D eigenvalue weighted by molar-refractivity contribution is 5.87. The number of methoxy groups -OCH3 is 2. The molecular weight excluding hydrogens is 564 g/mol. The highest BCUT2D eigenvalue weighted by Gasteiger charge is 2.51. The molecule has 0 aliphatic carbocycles. The number of ether oxygens (including phenoxy) is 4. The van der Waals surface area contributed by atoms with E-state index in [4.69, 9.17) is 18.9 Å². The molecule has 1 fully saturated rings. The Hall–Kier alpha value is -2.59. The first-order valence-electron chi connectivity index (χ1n) is 15.6. The molecule has 2 N–H and O–H groups in total. The van der Waals surface area contributed by atoms with Crippen LogP contribution in [0.4, 0.5) is 0 Å². The van der Waals surface area contributed by atoms with Crippen molar-refractivity contribution >= 4 is 17.5 Å². The van der Waals surface area contributed by atoms with Crippen LogP contribution in [0.2, 0.25) is 0 Å². The number of carbonyl (C=O) groups excluding carboxylic acids is 3. The second-order valence-electron chi connectivity index (χ2n) is 13.1. The molecule has 10 atom stereocenters. The second kappa shape index (κ2) is 16.1. The summed E-state index contributed by atoms with van der Waals surface area (Å²) in [7, 11) is 2.82. The van der Waals surface area contributed by atoms with E-state index in [1.165, 1.54) is 20.3 Å². The third-order valence-electron chi connectivity index (χ3n) is 9.08. The molecule has 0 aromatic rings. The number of cyclic esters (lactones) is 1. The molecule has 2 rings (SSSR count). The Balaban J connectivity index is 2.53. The van der Waals surface area contributed by atoms with Crippen molar-refractivity contribution in [1.82, 2.24) is 0 Å². The standard InChI is InChI=1S/C35H54O9/c1-19(2)32-24(7)27(36)18-35(40,44-32)26(9)31(38)25(8)33-28(41-10)14-12-13-20(3)15-22(5)30(37)23(6)16-21(4)17-29(42-11)34(39)43-33/h12-14,16-17,19,22-26,28,31-33,38,40H,15,18H2,1-11H3/b14-12+,20-13+,21-16+,29-17-/t22-,23+,24-,25-,26-,28-,31+,32-,33+,35+/m0/s1. The maximum Gasteiger partial charge on any atom is 0.373 e. The third-order valence-corrected chi connectivity index (χ3v) is 9.08. The molecule has 0 spiro atoms. The Morgan fingerprint density at radius 3 is 2.23 bits per heavy atom. The van der Waals surface area contributed by atoms with Gasteiger partial charge in [0.2, 0.25) is 5.76 Å². The summed E-state index contributed by atoms with van der Waals surface area (Å²) in [5.41, 5.74) is 1.65. The van der Waals surface area contributed by atoms with E-state index >= 15 is 0 Å². The quantitative estimate of drug-likeness (QED) is 0.374. The molecule has 0 aromatic heterocycles. The molecule has 0 aromatic carbocycles. The number of hydrogen-bond acceptors (Lipinski definition) is 9. The van der Waals surface area contributed by atoms with Gasteiger partial charge >= 0.3 is 5.97 Å². The summed E-state index contributed by atoms with van der Waals surface area (Å²) in [4.78, 5) is 39.3. The van der Waals surface area contributed by atoms with Gasteiger partial charge in [0.15, 0.2) is 5.79 Å². The lowest BCUT2D eigenvalue weighted by Gasteiger charge is -2.47. The minimum absolute atomic E-state index is 0.0306. The van der Waals surface area contributed by atoms with Crippen molar-refractivity contribution in [3.8, 4) is 0 Å². The normalized spacial score (nSPS) is 37.9. The van der Waals surface area contributed by atoms with E-state index in [2.05, 4.69) is 0 Å². The first kappa shape index (κ1) is 37.6. The number of rotatable bonds is 7. The lowest BCUT2D eigenvalue weighted by molar-refractivity contribution is -0.300. The van der Waals surface area contributed by atoms with Gasteiger partial charge in [0, 0.05) is 36.7 Å². The molecule has 0 bridgehead atoms. The fraction of sp³-hybridized carbons (Fsp3) is 0.686. The molecular formula is C35H54O9. The highest BCUT2D eigenvalue weighted by atomic mass is 16.6. The number of Topliss-reactive ketones (excluding diaryl/α,β-unsaturated/α-hetero) is 2. The minimum Gasteiger partial charge on any atom is -0.490 e. The van der Waals surface area contributed by atoms with Gasteiger partial charge in [0.25, 0.3) is 0 Å². The SMILES string of the molecule is CO/C1=C\C(C)=C\[C@@H](C)C(=O)[C@@H](C)C/C(C)=C/C=C/[C@H](OC)[C@@H]([C@@H](C)[C@@H](O)[C@H](C)[C@@]2(O)CC(=O)[C@H](C)[C@H](C(C)C)O2)OC1=O. The number of aliphatic hydroxyl groups is 2. The van der Waals surface area contributed by atoms with Crippen molar-refractivity contribution in [2.24, 2.45) is 35.5 Å². The van der Waals surface area contributed by atoms with Crippen LogP contribution in [0.25, 0.3) is 0 Å². The summed E-state index contributed by atoms with van der Waals surface area (Å²) in [6, 6.07) is 0. The Bertz CT molecular complexity index is 1150. The number of esters is 1. The van der Waals surface area contributed by atoms with E-state index in [1.54, 1.807) is 45.9 Å². The molecule has 0 amide bonds. The van der Waals surface area contributed by atoms with Crippen molar-refractivity contribution in [2.45, 2.75) is 105 Å². The Kier molecular flexibility index (Phi) is 13.8. The summed E-state index contributed by atoms with van der Waals surface area (Å²) in [6.07, 6.45) is 5.43. The average molecular weight is 619 g/mol. The molecule has 2 heterocycles. The molecule has 9 nitrogen and oxygen atoms in total. The van der Waals surface area contributed by atoms with Crippen LogP contribution in [-0.4, -0.2) is 72.2 Å².